The molecule has 0 amide bonds. The van der Waals surface area contributed by atoms with E-state index in [2.05, 4.69) is 11.1 Å². The molecular formula is C24H19NO3. The zero-order valence-corrected chi connectivity index (χ0v) is 15.5. The third kappa shape index (κ3) is 3.86. The second-order valence-electron chi connectivity index (χ2n) is 6.38. The lowest BCUT2D eigenvalue weighted by atomic mass is 10.0. The van der Waals surface area contributed by atoms with Crippen LogP contribution in [-0.2, 0) is 11.3 Å². The monoisotopic (exact) mass is 369 g/mol. The molecule has 0 aliphatic rings. The quantitative estimate of drug-likeness (QED) is 0.450. The van der Waals surface area contributed by atoms with E-state index in [0.29, 0.717) is 12.2 Å². The van der Waals surface area contributed by atoms with E-state index in [1.54, 1.807) is 12.1 Å². The first-order valence-electron chi connectivity index (χ1n) is 8.99. The van der Waals surface area contributed by atoms with Crippen LogP contribution in [0.25, 0.3) is 22.0 Å². The highest BCUT2D eigenvalue weighted by Crippen LogP contribution is 2.23. The number of aromatic nitrogens is 1. The average molecular weight is 369 g/mol. The van der Waals surface area contributed by atoms with E-state index >= 15 is 0 Å². The first kappa shape index (κ1) is 17.7. The number of esters is 1. The van der Waals surface area contributed by atoms with Crippen LogP contribution in [0.1, 0.15) is 16.1 Å². The van der Waals surface area contributed by atoms with Crippen molar-refractivity contribution in [3.63, 3.8) is 0 Å². The number of para-hydroxylation sites is 1. The zero-order chi connectivity index (χ0) is 19.3. The number of pyridine rings is 1. The van der Waals surface area contributed by atoms with Gasteiger partial charge in [-0.2, -0.15) is 0 Å². The summed E-state index contributed by atoms with van der Waals surface area (Å²) in [5.74, 6) is 0.447. The highest BCUT2D eigenvalue weighted by Gasteiger charge is 2.06. The molecule has 1 heterocycles. The van der Waals surface area contributed by atoms with Gasteiger partial charge in [-0.1, -0.05) is 48.5 Å². The summed E-state index contributed by atoms with van der Waals surface area (Å²) >= 11 is 0. The van der Waals surface area contributed by atoms with E-state index in [1.807, 2.05) is 66.7 Å². The molecule has 3 aromatic carbocycles. The molecule has 0 spiro atoms. The Bertz CT molecular complexity index is 1100. The molecule has 0 radical (unpaired) electrons. The van der Waals surface area contributed by atoms with Gasteiger partial charge < -0.3 is 9.47 Å². The van der Waals surface area contributed by atoms with Gasteiger partial charge in [0.05, 0.1) is 23.9 Å². The summed E-state index contributed by atoms with van der Waals surface area (Å²) in [7, 11) is 1.38. The van der Waals surface area contributed by atoms with Crippen LogP contribution in [0, 0.1) is 0 Å². The van der Waals surface area contributed by atoms with Crippen molar-refractivity contribution in [1.82, 2.24) is 4.98 Å². The molecule has 28 heavy (non-hydrogen) atoms. The van der Waals surface area contributed by atoms with Crippen LogP contribution in [0.2, 0.25) is 0 Å². The minimum Gasteiger partial charge on any atom is -0.487 e. The average Bonchev–Trinajstić information content (AvgIpc) is 2.77. The van der Waals surface area contributed by atoms with Gasteiger partial charge in [0.1, 0.15) is 12.4 Å². The number of methoxy groups -OCH3 is 1. The van der Waals surface area contributed by atoms with Crippen LogP contribution < -0.4 is 4.74 Å². The maximum absolute atomic E-state index is 11.5. The number of benzene rings is 3. The number of hydrogen-bond acceptors (Lipinski definition) is 4. The van der Waals surface area contributed by atoms with Gasteiger partial charge >= 0.3 is 5.97 Å². The van der Waals surface area contributed by atoms with Crippen molar-refractivity contribution in [2.75, 3.05) is 7.11 Å². The molecule has 138 valence electrons. The number of ether oxygens (including phenoxy) is 2. The summed E-state index contributed by atoms with van der Waals surface area (Å²) in [6, 6.07) is 27.3. The Morgan fingerprint density at radius 2 is 1.50 bits per heavy atom. The number of carbonyl (C=O) groups excluding carboxylic acids is 1. The summed E-state index contributed by atoms with van der Waals surface area (Å²) in [5.41, 5.74) is 4.47. The van der Waals surface area contributed by atoms with Gasteiger partial charge in [-0.3, -0.25) is 0 Å². The van der Waals surface area contributed by atoms with Crippen molar-refractivity contribution in [3.8, 4) is 16.9 Å². The Morgan fingerprint density at radius 3 is 2.21 bits per heavy atom. The van der Waals surface area contributed by atoms with Crippen LogP contribution in [0.4, 0.5) is 0 Å². The van der Waals surface area contributed by atoms with E-state index < -0.39 is 0 Å². The largest absolute Gasteiger partial charge is 0.487 e. The number of carbonyl (C=O) groups is 1. The van der Waals surface area contributed by atoms with E-state index in [1.165, 1.54) is 7.11 Å². The number of nitrogens with zero attached hydrogens (tertiary/aromatic N) is 1. The number of fused-ring (bicyclic) bond motifs is 1. The van der Waals surface area contributed by atoms with Gasteiger partial charge in [0.25, 0.3) is 0 Å². The lowest BCUT2D eigenvalue weighted by molar-refractivity contribution is 0.0601. The first-order valence-corrected chi connectivity index (χ1v) is 8.99. The lowest BCUT2D eigenvalue weighted by Crippen LogP contribution is -2.00. The summed E-state index contributed by atoms with van der Waals surface area (Å²) < 4.78 is 10.6. The van der Waals surface area contributed by atoms with Gasteiger partial charge in [-0.15, -0.1) is 0 Å². The fourth-order valence-corrected chi connectivity index (χ4v) is 3.01. The standard InChI is InChI=1S/C24H19NO3/c1-27-24(26)20-8-6-17(7-9-20)18-11-14-22(15-12-18)28-16-21-13-10-19-4-2-3-5-23(19)25-21/h2-15H,16H2,1H3. The lowest BCUT2D eigenvalue weighted by Gasteiger charge is -2.08. The minimum absolute atomic E-state index is 0.336. The summed E-state index contributed by atoms with van der Waals surface area (Å²) in [4.78, 5) is 16.1. The first-order chi connectivity index (χ1) is 13.7. The zero-order valence-electron chi connectivity index (χ0n) is 15.5. The molecular weight excluding hydrogens is 350 g/mol. The Hall–Kier alpha value is -3.66. The van der Waals surface area contributed by atoms with E-state index in [4.69, 9.17) is 9.47 Å². The Labute approximate surface area is 163 Å². The molecule has 0 aliphatic heterocycles. The van der Waals surface area contributed by atoms with Crippen LogP contribution in [0.15, 0.2) is 84.9 Å². The Morgan fingerprint density at radius 1 is 0.821 bits per heavy atom. The third-order valence-corrected chi connectivity index (χ3v) is 4.54. The fourth-order valence-electron chi connectivity index (χ4n) is 3.01. The van der Waals surface area contributed by atoms with Crippen molar-refractivity contribution in [1.29, 1.82) is 0 Å². The summed E-state index contributed by atoms with van der Waals surface area (Å²) in [6.45, 7) is 0.415. The van der Waals surface area contributed by atoms with Gasteiger partial charge in [0.15, 0.2) is 0 Å². The van der Waals surface area contributed by atoms with Crippen molar-refractivity contribution < 1.29 is 14.3 Å². The third-order valence-electron chi connectivity index (χ3n) is 4.54. The fraction of sp³-hybridized carbons (Fsp3) is 0.0833. The molecule has 4 aromatic rings. The second kappa shape index (κ2) is 7.92. The SMILES string of the molecule is COC(=O)c1ccc(-c2ccc(OCc3ccc4ccccc4n3)cc2)cc1. The molecule has 4 rings (SSSR count). The number of hydrogen-bond donors (Lipinski definition) is 0. The van der Waals surface area contributed by atoms with Crippen molar-refractivity contribution in [3.05, 3.63) is 96.2 Å². The summed E-state index contributed by atoms with van der Waals surface area (Å²) in [5, 5.41) is 1.12. The molecule has 0 saturated heterocycles. The Kier molecular flexibility index (Phi) is 5.02. The van der Waals surface area contributed by atoms with Crippen LogP contribution in [0.3, 0.4) is 0 Å². The molecule has 1 aromatic heterocycles. The predicted molar refractivity (Wildman–Crippen MR) is 109 cm³/mol. The van der Waals surface area contributed by atoms with Crippen molar-refractivity contribution in [2.24, 2.45) is 0 Å². The topological polar surface area (TPSA) is 48.4 Å². The maximum Gasteiger partial charge on any atom is 0.337 e. The smallest absolute Gasteiger partial charge is 0.337 e. The van der Waals surface area contributed by atoms with E-state index in [-0.39, 0.29) is 5.97 Å². The van der Waals surface area contributed by atoms with E-state index in [9.17, 15) is 4.79 Å². The molecule has 4 nitrogen and oxygen atoms in total. The molecule has 0 bridgehead atoms. The Balaban J connectivity index is 1.43. The maximum atomic E-state index is 11.5. The summed E-state index contributed by atoms with van der Waals surface area (Å²) in [6.07, 6.45) is 0. The highest BCUT2D eigenvalue weighted by molar-refractivity contribution is 5.90. The second-order valence-corrected chi connectivity index (χ2v) is 6.38. The van der Waals surface area contributed by atoms with Crippen molar-refractivity contribution >= 4 is 16.9 Å². The van der Waals surface area contributed by atoms with Gasteiger partial charge in [-0.25, -0.2) is 9.78 Å². The van der Waals surface area contributed by atoms with Gasteiger partial charge in [-0.05, 0) is 47.5 Å². The van der Waals surface area contributed by atoms with Crippen LogP contribution in [-0.4, -0.2) is 18.1 Å². The van der Waals surface area contributed by atoms with Crippen LogP contribution >= 0.6 is 0 Å². The molecule has 4 heteroatoms. The predicted octanol–water partition coefficient (Wildman–Crippen LogP) is 5.27. The molecule has 0 unspecified atom stereocenters. The molecule has 0 N–H and O–H groups in total. The number of rotatable bonds is 5. The van der Waals surface area contributed by atoms with E-state index in [0.717, 1.165) is 33.5 Å². The molecule has 0 aliphatic carbocycles. The molecule has 0 fully saturated rings. The molecule has 0 saturated carbocycles. The minimum atomic E-state index is -0.336. The van der Waals surface area contributed by atoms with Gasteiger partial charge in [0, 0.05) is 5.39 Å². The van der Waals surface area contributed by atoms with Crippen LogP contribution in [0.5, 0.6) is 5.75 Å². The van der Waals surface area contributed by atoms with Gasteiger partial charge in [0.2, 0.25) is 0 Å². The highest BCUT2D eigenvalue weighted by atomic mass is 16.5. The van der Waals surface area contributed by atoms with Crippen molar-refractivity contribution in [2.45, 2.75) is 6.61 Å². The normalized spacial score (nSPS) is 10.6. The molecule has 0 atom stereocenters.